The van der Waals surface area contributed by atoms with Gasteiger partial charge < -0.3 is 20.3 Å². The normalized spacial score (nSPS) is 13.1. The highest BCUT2D eigenvalue weighted by atomic mass is 16.5. The van der Waals surface area contributed by atoms with Gasteiger partial charge in [0.15, 0.2) is 5.96 Å². The molecule has 126 valence electrons. The van der Waals surface area contributed by atoms with E-state index in [1.165, 1.54) is 0 Å². The van der Waals surface area contributed by atoms with Crippen molar-refractivity contribution in [2.45, 2.75) is 34.1 Å². The number of nitrogens with one attached hydrogen (secondary N) is 2. The monoisotopic (exact) mass is 300 g/mol. The van der Waals surface area contributed by atoms with E-state index in [4.69, 9.17) is 4.74 Å². The van der Waals surface area contributed by atoms with Crippen LogP contribution in [0.2, 0.25) is 0 Å². The van der Waals surface area contributed by atoms with Crippen LogP contribution in [-0.4, -0.2) is 64.9 Å². The summed E-state index contributed by atoms with van der Waals surface area (Å²) in [5, 5.41) is 6.72. The van der Waals surface area contributed by atoms with Crippen molar-refractivity contribution in [1.82, 2.24) is 15.5 Å². The van der Waals surface area contributed by atoms with Gasteiger partial charge in [-0.3, -0.25) is 4.99 Å². The number of hydrogen-bond donors (Lipinski definition) is 2. The minimum Gasteiger partial charge on any atom is -0.381 e. The molecule has 21 heavy (non-hydrogen) atoms. The fraction of sp³-hybridized carbons (Fsp3) is 0.938. The zero-order chi connectivity index (χ0) is 16.3. The summed E-state index contributed by atoms with van der Waals surface area (Å²) >= 11 is 0. The first kappa shape index (κ1) is 20.2. The maximum atomic E-state index is 5.56. The van der Waals surface area contributed by atoms with Crippen LogP contribution < -0.4 is 10.6 Å². The van der Waals surface area contributed by atoms with E-state index in [1.807, 2.05) is 7.05 Å². The molecular weight excluding hydrogens is 264 g/mol. The third-order valence-electron chi connectivity index (χ3n) is 2.91. The van der Waals surface area contributed by atoms with Crippen molar-refractivity contribution < 1.29 is 4.74 Å². The van der Waals surface area contributed by atoms with Crippen molar-refractivity contribution in [3.8, 4) is 0 Å². The highest BCUT2D eigenvalue weighted by molar-refractivity contribution is 5.79. The molecule has 5 nitrogen and oxygen atoms in total. The third kappa shape index (κ3) is 12.6. The lowest BCUT2D eigenvalue weighted by Crippen LogP contribution is -2.45. The highest BCUT2D eigenvalue weighted by Gasteiger charge is 2.19. The zero-order valence-corrected chi connectivity index (χ0v) is 15.1. The van der Waals surface area contributed by atoms with Crippen molar-refractivity contribution in [3.63, 3.8) is 0 Å². The van der Waals surface area contributed by atoms with Crippen molar-refractivity contribution in [2.24, 2.45) is 16.3 Å². The van der Waals surface area contributed by atoms with Gasteiger partial charge in [-0.25, -0.2) is 0 Å². The van der Waals surface area contributed by atoms with Gasteiger partial charge in [-0.1, -0.05) is 27.7 Å². The van der Waals surface area contributed by atoms with Gasteiger partial charge in [-0.15, -0.1) is 0 Å². The van der Waals surface area contributed by atoms with E-state index in [1.54, 1.807) is 0 Å². The minimum atomic E-state index is 0.210. The molecule has 2 N–H and O–H groups in total. The van der Waals surface area contributed by atoms with Gasteiger partial charge >= 0.3 is 0 Å². The van der Waals surface area contributed by atoms with Gasteiger partial charge in [0.1, 0.15) is 0 Å². The molecule has 0 amide bonds. The lowest BCUT2D eigenvalue weighted by atomic mass is 9.93. The second-order valence-corrected chi connectivity index (χ2v) is 7.08. The number of ether oxygens (including phenoxy) is 1. The van der Waals surface area contributed by atoms with Crippen LogP contribution in [0.4, 0.5) is 0 Å². The summed E-state index contributed by atoms with van der Waals surface area (Å²) in [6.07, 6.45) is 0.995. The summed E-state index contributed by atoms with van der Waals surface area (Å²) in [7, 11) is 6.02. The zero-order valence-electron chi connectivity index (χ0n) is 15.1. The van der Waals surface area contributed by atoms with Gasteiger partial charge in [0.05, 0.1) is 0 Å². The van der Waals surface area contributed by atoms with Crippen LogP contribution in [-0.2, 0) is 4.74 Å². The molecule has 0 fully saturated rings. The Labute approximate surface area is 131 Å². The molecular formula is C16H36N4O. The van der Waals surface area contributed by atoms with Crippen LogP contribution in [0.5, 0.6) is 0 Å². The van der Waals surface area contributed by atoms with Crippen molar-refractivity contribution in [1.29, 1.82) is 0 Å². The molecule has 0 aromatic carbocycles. The van der Waals surface area contributed by atoms with E-state index >= 15 is 0 Å². The number of aliphatic imine (C=N–C) groups is 1. The minimum absolute atomic E-state index is 0.210. The predicted octanol–water partition coefficient (Wildman–Crippen LogP) is 1.80. The maximum Gasteiger partial charge on any atom is 0.190 e. The largest absolute Gasteiger partial charge is 0.381 e. The van der Waals surface area contributed by atoms with Crippen LogP contribution in [0, 0.1) is 11.3 Å². The molecule has 5 heteroatoms. The predicted molar refractivity (Wildman–Crippen MR) is 92.0 cm³/mol. The van der Waals surface area contributed by atoms with Crippen molar-refractivity contribution in [2.75, 3.05) is 54.0 Å². The second kappa shape index (κ2) is 10.9. The fourth-order valence-electron chi connectivity index (χ4n) is 2.16. The molecule has 0 aliphatic carbocycles. The molecule has 0 bridgehead atoms. The second-order valence-electron chi connectivity index (χ2n) is 7.08. The van der Waals surface area contributed by atoms with Crippen LogP contribution in [0.15, 0.2) is 4.99 Å². The smallest absolute Gasteiger partial charge is 0.190 e. The van der Waals surface area contributed by atoms with Gasteiger partial charge in [0.2, 0.25) is 0 Å². The topological polar surface area (TPSA) is 48.9 Å². The van der Waals surface area contributed by atoms with Crippen LogP contribution in [0.3, 0.4) is 0 Å². The Balaban J connectivity index is 3.82. The fourth-order valence-corrected chi connectivity index (χ4v) is 2.16. The Morgan fingerprint density at radius 3 is 2.43 bits per heavy atom. The molecule has 0 aromatic rings. The third-order valence-corrected chi connectivity index (χ3v) is 2.91. The summed E-state index contributed by atoms with van der Waals surface area (Å²) in [4.78, 5) is 6.47. The van der Waals surface area contributed by atoms with Gasteiger partial charge in [0.25, 0.3) is 0 Å². The summed E-state index contributed by atoms with van der Waals surface area (Å²) in [6, 6.07) is 0. The molecule has 0 aliphatic heterocycles. The molecule has 0 aliphatic rings. The van der Waals surface area contributed by atoms with Crippen molar-refractivity contribution in [3.05, 3.63) is 0 Å². The first-order chi connectivity index (χ1) is 9.76. The van der Waals surface area contributed by atoms with E-state index in [2.05, 4.69) is 62.3 Å². The lowest BCUT2D eigenvalue weighted by molar-refractivity contribution is 0.108. The Morgan fingerprint density at radius 1 is 1.24 bits per heavy atom. The SMILES string of the molecule is CN=C(NCCCOCC(C)C)NCC(C)(C)CN(C)C. The molecule has 0 heterocycles. The maximum absolute atomic E-state index is 5.56. The van der Waals surface area contributed by atoms with E-state index in [-0.39, 0.29) is 5.41 Å². The molecule has 0 atom stereocenters. The first-order valence-electron chi connectivity index (χ1n) is 7.94. The Morgan fingerprint density at radius 2 is 1.90 bits per heavy atom. The summed E-state index contributed by atoms with van der Waals surface area (Å²) in [6.45, 7) is 13.3. The summed E-state index contributed by atoms with van der Waals surface area (Å²) in [5.74, 6) is 1.47. The quantitative estimate of drug-likeness (QED) is 0.367. The van der Waals surface area contributed by atoms with E-state index in [0.29, 0.717) is 5.92 Å². The Bertz CT molecular complexity index is 288. The molecule has 0 saturated carbocycles. The Hall–Kier alpha value is -0.810. The molecule has 0 rings (SSSR count). The number of rotatable bonds is 10. The van der Waals surface area contributed by atoms with E-state index in [0.717, 1.165) is 45.2 Å². The first-order valence-corrected chi connectivity index (χ1v) is 7.94. The molecule has 0 saturated heterocycles. The van der Waals surface area contributed by atoms with Crippen LogP contribution in [0.25, 0.3) is 0 Å². The van der Waals surface area contributed by atoms with Gasteiger partial charge in [0, 0.05) is 39.9 Å². The number of hydrogen-bond acceptors (Lipinski definition) is 3. The number of guanidine groups is 1. The summed E-state index contributed by atoms with van der Waals surface area (Å²) in [5.41, 5.74) is 0.210. The van der Waals surface area contributed by atoms with E-state index in [9.17, 15) is 0 Å². The molecule has 0 spiro atoms. The molecule has 0 aromatic heterocycles. The average molecular weight is 300 g/mol. The van der Waals surface area contributed by atoms with Crippen LogP contribution in [0.1, 0.15) is 34.1 Å². The average Bonchev–Trinajstić information content (AvgIpc) is 2.35. The van der Waals surface area contributed by atoms with Gasteiger partial charge in [-0.05, 0) is 31.8 Å². The highest BCUT2D eigenvalue weighted by Crippen LogP contribution is 2.13. The van der Waals surface area contributed by atoms with E-state index < -0.39 is 0 Å². The molecule has 0 radical (unpaired) electrons. The standard InChI is InChI=1S/C16H36N4O/c1-14(2)11-21-10-8-9-18-15(17-5)19-12-16(3,4)13-20(6)7/h14H,8-13H2,1-7H3,(H2,17,18,19). The van der Waals surface area contributed by atoms with Crippen molar-refractivity contribution >= 4 is 5.96 Å². The lowest BCUT2D eigenvalue weighted by Gasteiger charge is -2.29. The number of nitrogens with zero attached hydrogens (tertiary/aromatic N) is 2. The Kier molecular flexibility index (Phi) is 10.4. The van der Waals surface area contributed by atoms with Gasteiger partial charge in [-0.2, -0.15) is 0 Å². The van der Waals surface area contributed by atoms with Crippen LogP contribution >= 0.6 is 0 Å². The summed E-state index contributed by atoms with van der Waals surface area (Å²) < 4.78 is 5.56. The molecule has 0 unspecified atom stereocenters.